The van der Waals surface area contributed by atoms with Crippen molar-refractivity contribution in [2.45, 2.75) is 33.3 Å². The molecule has 1 heteroatoms. The standard InChI is InChI=1S/C10H16O/c1-6-4-7-5-10(2,3)9(11)8(6)7/h4,7-9,11H,5H2,1-3H3. The molecular formula is C10H16O. The molecule has 3 unspecified atom stereocenters. The van der Waals surface area contributed by atoms with Crippen LogP contribution in [0.25, 0.3) is 0 Å². The van der Waals surface area contributed by atoms with Gasteiger partial charge in [0.2, 0.25) is 0 Å². The summed E-state index contributed by atoms with van der Waals surface area (Å²) in [6, 6.07) is 0. The third-order valence-corrected chi connectivity index (χ3v) is 3.37. The smallest absolute Gasteiger partial charge is 0.0662 e. The third-order valence-electron chi connectivity index (χ3n) is 3.37. The summed E-state index contributed by atoms with van der Waals surface area (Å²) in [4.78, 5) is 0. The van der Waals surface area contributed by atoms with E-state index in [9.17, 15) is 5.11 Å². The summed E-state index contributed by atoms with van der Waals surface area (Å²) in [6.45, 7) is 6.46. The number of hydrogen-bond donors (Lipinski definition) is 1. The maximum Gasteiger partial charge on any atom is 0.0662 e. The molecule has 1 saturated carbocycles. The lowest BCUT2D eigenvalue weighted by atomic mass is 9.77. The van der Waals surface area contributed by atoms with Crippen molar-refractivity contribution in [2.24, 2.45) is 17.3 Å². The molecule has 0 aromatic carbocycles. The molecule has 3 atom stereocenters. The predicted molar refractivity (Wildman–Crippen MR) is 45.1 cm³/mol. The minimum atomic E-state index is -0.0995. The zero-order valence-corrected chi connectivity index (χ0v) is 7.46. The van der Waals surface area contributed by atoms with Gasteiger partial charge in [-0.15, -0.1) is 0 Å². The molecule has 1 nitrogen and oxygen atoms in total. The van der Waals surface area contributed by atoms with Gasteiger partial charge < -0.3 is 5.11 Å². The maximum absolute atomic E-state index is 9.88. The largest absolute Gasteiger partial charge is 0.392 e. The molecule has 0 amide bonds. The van der Waals surface area contributed by atoms with Gasteiger partial charge in [-0.1, -0.05) is 25.5 Å². The normalized spacial score (nSPS) is 46.2. The summed E-state index contributed by atoms with van der Waals surface area (Å²) < 4.78 is 0. The first kappa shape index (κ1) is 7.35. The molecule has 1 fully saturated rings. The zero-order chi connectivity index (χ0) is 8.22. The van der Waals surface area contributed by atoms with Gasteiger partial charge in [0.25, 0.3) is 0 Å². The van der Waals surface area contributed by atoms with Crippen molar-refractivity contribution in [2.75, 3.05) is 0 Å². The van der Waals surface area contributed by atoms with Crippen molar-refractivity contribution in [1.29, 1.82) is 0 Å². The lowest BCUT2D eigenvalue weighted by Gasteiger charge is -2.31. The van der Waals surface area contributed by atoms with Crippen LogP contribution in [0.1, 0.15) is 27.2 Å². The Balaban J connectivity index is 2.24. The average Bonchev–Trinajstić information content (AvgIpc) is 2.01. The van der Waals surface area contributed by atoms with E-state index in [4.69, 9.17) is 0 Å². The van der Waals surface area contributed by atoms with Gasteiger partial charge in [-0.05, 0) is 24.7 Å². The number of aliphatic hydroxyl groups excluding tert-OH is 1. The second kappa shape index (κ2) is 1.89. The van der Waals surface area contributed by atoms with Gasteiger partial charge in [0.15, 0.2) is 0 Å². The highest BCUT2D eigenvalue weighted by Gasteiger charge is 2.50. The monoisotopic (exact) mass is 152 g/mol. The minimum Gasteiger partial charge on any atom is -0.392 e. The Morgan fingerprint density at radius 2 is 2.18 bits per heavy atom. The Kier molecular flexibility index (Phi) is 1.26. The first-order valence-corrected chi connectivity index (χ1v) is 4.39. The van der Waals surface area contributed by atoms with E-state index in [1.165, 1.54) is 5.57 Å². The molecule has 0 heterocycles. The fourth-order valence-electron chi connectivity index (χ4n) is 2.65. The molecule has 0 radical (unpaired) electrons. The Hall–Kier alpha value is -0.300. The van der Waals surface area contributed by atoms with E-state index in [1.807, 2.05) is 0 Å². The number of fused-ring (bicyclic) bond motifs is 1. The van der Waals surface area contributed by atoms with E-state index in [0.717, 1.165) is 6.42 Å². The van der Waals surface area contributed by atoms with Crippen molar-refractivity contribution < 1.29 is 5.11 Å². The van der Waals surface area contributed by atoms with E-state index >= 15 is 0 Å². The van der Waals surface area contributed by atoms with Crippen LogP contribution in [0.5, 0.6) is 0 Å². The van der Waals surface area contributed by atoms with Crippen LogP contribution in [0.4, 0.5) is 0 Å². The van der Waals surface area contributed by atoms with E-state index in [1.54, 1.807) is 0 Å². The highest BCUT2D eigenvalue weighted by atomic mass is 16.3. The summed E-state index contributed by atoms with van der Waals surface area (Å²) in [5.74, 6) is 1.17. The molecule has 0 aromatic rings. The summed E-state index contributed by atoms with van der Waals surface area (Å²) in [5.41, 5.74) is 1.54. The maximum atomic E-state index is 9.88. The molecule has 0 spiro atoms. The van der Waals surface area contributed by atoms with Gasteiger partial charge in [-0.25, -0.2) is 0 Å². The molecule has 62 valence electrons. The Labute approximate surface area is 68.1 Å². The van der Waals surface area contributed by atoms with Crippen LogP contribution >= 0.6 is 0 Å². The lowest BCUT2D eigenvalue weighted by molar-refractivity contribution is 0.0522. The lowest BCUT2D eigenvalue weighted by Crippen LogP contribution is -2.31. The SMILES string of the molecule is CC1=CC2CC(C)(C)C(O)C12. The first-order valence-electron chi connectivity index (χ1n) is 4.39. The van der Waals surface area contributed by atoms with Crippen LogP contribution in [0.2, 0.25) is 0 Å². The number of rotatable bonds is 0. The van der Waals surface area contributed by atoms with Crippen molar-refractivity contribution in [3.8, 4) is 0 Å². The molecule has 0 aromatic heterocycles. The molecule has 0 aliphatic heterocycles. The summed E-state index contributed by atoms with van der Waals surface area (Å²) in [7, 11) is 0. The van der Waals surface area contributed by atoms with E-state index in [-0.39, 0.29) is 11.5 Å². The van der Waals surface area contributed by atoms with Gasteiger partial charge in [0.05, 0.1) is 6.10 Å². The second-order valence-corrected chi connectivity index (χ2v) is 4.74. The van der Waals surface area contributed by atoms with E-state index < -0.39 is 0 Å². The van der Waals surface area contributed by atoms with Crippen molar-refractivity contribution in [3.05, 3.63) is 11.6 Å². The van der Waals surface area contributed by atoms with Crippen LogP contribution < -0.4 is 0 Å². The Bertz CT molecular complexity index is 215. The molecule has 1 N–H and O–H groups in total. The molecule has 2 aliphatic carbocycles. The van der Waals surface area contributed by atoms with Gasteiger partial charge in [0, 0.05) is 5.92 Å². The average molecular weight is 152 g/mol. The zero-order valence-electron chi connectivity index (χ0n) is 7.46. The van der Waals surface area contributed by atoms with Crippen LogP contribution in [0.3, 0.4) is 0 Å². The molecular weight excluding hydrogens is 136 g/mol. The quantitative estimate of drug-likeness (QED) is 0.526. The van der Waals surface area contributed by atoms with Crippen molar-refractivity contribution in [3.63, 3.8) is 0 Å². The Morgan fingerprint density at radius 3 is 2.55 bits per heavy atom. The van der Waals surface area contributed by atoms with Crippen molar-refractivity contribution >= 4 is 0 Å². The van der Waals surface area contributed by atoms with Gasteiger partial charge in [-0.2, -0.15) is 0 Å². The van der Waals surface area contributed by atoms with E-state index in [0.29, 0.717) is 11.8 Å². The molecule has 2 aliphatic rings. The summed E-state index contributed by atoms with van der Waals surface area (Å²) >= 11 is 0. The van der Waals surface area contributed by atoms with Crippen LogP contribution in [0, 0.1) is 17.3 Å². The van der Waals surface area contributed by atoms with Crippen LogP contribution in [0.15, 0.2) is 11.6 Å². The van der Waals surface area contributed by atoms with Gasteiger partial charge in [-0.3, -0.25) is 0 Å². The first-order chi connectivity index (χ1) is 5.02. The summed E-state index contributed by atoms with van der Waals surface area (Å²) in [5, 5.41) is 9.88. The number of hydrogen-bond acceptors (Lipinski definition) is 1. The fourth-order valence-corrected chi connectivity index (χ4v) is 2.65. The van der Waals surface area contributed by atoms with Crippen LogP contribution in [-0.2, 0) is 0 Å². The Morgan fingerprint density at radius 1 is 1.55 bits per heavy atom. The van der Waals surface area contributed by atoms with Gasteiger partial charge >= 0.3 is 0 Å². The fraction of sp³-hybridized carbons (Fsp3) is 0.800. The molecule has 2 rings (SSSR count). The van der Waals surface area contributed by atoms with Crippen molar-refractivity contribution in [1.82, 2.24) is 0 Å². The topological polar surface area (TPSA) is 20.2 Å². The number of allylic oxidation sites excluding steroid dienone is 1. The van der Waals surface area contributed by atoms with E-state index in [2.05, 4.69) is 26.8 Å². The molecule has 0 saturated heterocycles. The minimum absolute atomic E-state index is 0.0995. The highest BCUT2D eigenvalue weighted by molar-refractivity contribution is 5.27. The molecule has 0 bridgehead atoms. The third kappa shape index (κ3) is 0.807. The number of aliphatic hydroxyl groups is 1. The van der Waals surface area contributed by atoms with Crippen LogP contribution in [-0.4, -0.2) is 11.2 Å². The van der Waals surface area contributed by atoms with Gasteiger partial charge in [0.1, 0.15) is 0 Å². The molecule has 11 heavy (non-hydrogen) atoms. The highest BCUT2D eigenvalue weighted by Crippen LogP contribution is 2.53. The predicted octanol–water partition coefficient (Wildman–Crippen LogP) is 1.97. The second-order valence-electron chi connectivity index (χ2n) is 4.74. The summed E-state index contributed by atoms with van der Waals surface area (Å²) in [6.07, 6.45) is 3.37.